The van der Waals surface area contributed by atoms with Crippen LogP contribution < -0.4 is 0 Å². The van der Waals surface area contributed by atoms with Crippen LogP contribution >= 0.6 is 0 Å². The van der Waals surface area contributed by atoms with Crippen LogP contribution in [0.4, 0.5) is 0 Å². The van der Waals surface area contributed by atoms with Gasteiger partial charge in [0.05, 0.1) is 23.7 Å². The zero-order valence-corrected chi connectivity index (χ0v) is 15.2. The van der Waals surface area contributed by atoms with E-state index in [1.165, 1.54) is 6.92 Å². The highest BCUT2D eigenvalue weighted by molar-refractivity contribution is 5.92. The Morgan fingerprint density at radius 3 is 2.69 bits per heavy atom. The second kappa shape index (κ2) is 6.35. The molecule has 2 saturated carbocycles. The summed E-state index contributed by atoms with van der Waals surface area (Å²) < 4.78 is 11.2. The molecule has 0 spiro atoms. The second-order valence-electron chi connectivity index (χ2n) is 7.97. The predicted molar refractivity (Wildman–Crippen MR) is 93.8 cm³/mol. The van der Waals surface area contributed by atoms with Crippen LogP contribution in [0.1, 0.15) is 33.1 Å². The Morgan fingerprint density at radius 2 is 2.08 bits per heavy atom. The summed E-state index contributed by atoms with van der Waals surface area (Å²) in [6.45, 7) is 14.9. The van der Waals surface area contributed by atoms with Crippen molar-refractivity contribution in [3.05, 3.63) is 36.5 Å². The molecule has 3 fully saturated rings. The fourth-order valence-corrected chi connectivity index (χ4v) is 4.73. The van der Waals surface area contributed by atoms with Gasteiger partial charge in [0.25, 0.3) is 0 Å². The Labute approximate surface area is 153 Å². The van der Waals surface area contributed by atoms with Gasteiger partial charge in [-0.05, 0) is 26.2 Å². The monoisotopic (exact) mass is 362 g/mol. The largest absolute Gasteiger partial charge is 0.458 e. The third-order valence-electron chi connectivity index (χ3n) is 6.31. The van der Waals surface area contributed by atoms with Crippen LogP contribution in [0.2, 0.25) is 0 Å². The van der Waals surface area contributed by atoms with E-state index in [9.17, 15) is 19.8 Å². The van der Waals surface area contributed by atoms with E-state index in [1.54, 1.807) is 0 Å². The molecule has 1 heterocycles. The van der Waals surface area contributed by atoms with Gasteiger partial charge in [-0.3, -0.25) is 0 Å². The Balaban J connectivity index is 1.96. The average Bonchev–Trinajstić information content (AvgIpc) is 2.85. The van der Waals surface area contributed by atoms with E-state index in [0.29, 0.717) is 19.3 Å². The van der Waals surface area contributed by atoms with Gasteiger partial charge in [-0.25, -0.2) is 9.59 Å². The van der Waals surface area contributed by atoms with Crippen LogP contribution in [0.3, 0.4) is 0 Å². The summed E-state index contributed by atoms with van der Waals surface area (Å²) in [5, 5.41) is 20.2. The summed E-state index contributed by atoms with van der Waals surface area (Å²) in [7, 11) is 0. The summed E-state index contributed by atoms with van der Waals surface area (Å²) in [6.07, 6.45) is -1.31. The number of ether oxygens (including phenoxy) is 2. The number of aliphatic hydroxyl groups is 2. The molecule has 0 aromatic carbocycles. The van der Waals surface area contributed by atoms with Crippen LogP contribution in [-0.4, -0.2) is 46.6 Å². The molecule has 0 radical (unpaired) electrons. The first-order chi connectivity index (χ1) is 12.1. The van der Waals surface area contributed by atoms with Crippen molar-refractivity contribution in [2.24, 2.45) is 17.3 Å². The smallest absolute Gasteiger partial charge is 0.336 e. The zero-order valence-electron chi connectivity index (χ0n) is 15.2. The maximum absolute atomic E-state index is 12.3. The summed E-state index contributed by atoms with van der Waals surface area (Å²) >= 11 is 0. The summed E-state index contributed by atoms with van der Waals surface area (Å²) in [5.41, 5.74) is 0.524. The molecule has 6 heteroatoms. The lowest BCUT2D eigenvalue weighted by molar-refractivity contribution is -0.176. The van der Waals surface area contributed by atoms with Crippen molar-refractivity contribution < 1.29 is 29.3 Å². The van der Waals surface area contributed by atoms with Crippen LogP contribution in [0.25, 0.3) is 0 Å². The molecule has 6 nitrogen and oxygen atoms in total. The van der Waals surface area contributed by atoms with Crippen molar-refractivity contribution in [3.8, 4) is 0 Å². The first-order valence-corrected chi connectivity index (χ1v) is 8.91. The molecule has 2 N–H and O–H groups in total. The van der Waals surface area contributed by atoms with Crippen LogP contribution in [0, 0.1) is 17.3 Å². The molecule has 2 aliphatic carbocycles. The maximum atomic E-state index is 12.3. The molecule has 3 rings (SSSR count). The highest BCUT2D eigenvalue weighted by atomic mass is 16.6. The van der Waals surface area contributed by atoms with Crippen molar-refractivity contribution in [1.29, 1.82) is 0 Å². The summed E-state index contributed by atoms with van der Waals surface area (Å²) in [5.74, 6) is -1.93. The number of fused-ring (bicyclic) bond motifs is 3. The minimum Gasteiger partial charge on any atom is -0.458 e. The number of esters is 2. The highest BCUT2D eigenvalue weighted by Gasteiger charge is 2.62. The molecular weight excluding hydrogens is 336 g/mol. The van der Waals surface area contributed by atoms with E-state index in [-0.39, 0.29) is 17.1 Å². The van der Waals surface area contributed by atoms with Crippen LogP contribution in [0.5, 0.6) is 0 Å². The van der Waals surface area contributed by atoms with Gasteiger partial charge < -0.3 is 19.7 Å². The lowest BCUT2D eigenvalue weighted by Crippen LogP contribution is -2.58. The molecule has 0 amide bonds. The molecule has 1 saturated heterocycles. The predicted octanol–water partition coefficient (Wildman–Crippen LogP) is 1.67. The molecule has 1 aliphatic heterocycles. The first-order valence-electron chi connectivity index (χ1n) is 8.91. The molecule has 0 aromatic rings. The second-order valence-corrected chi connectivity index (χ2v) is 7.97. The maximum Gasteiger partial charge on any atom is 0.336 e. The highest BCUT2D eigenvalue weighted by Crippen LogP contribution is 2.57. The van der Waals surface area contributed by atoms with Gasteiger partial charge in [-0.15, -0.1) is 0 Å². The Kier molecular flexibility index (Phi) is 4.61. The SMILES string of the molecule is C=C1C(=O)O[C@@H]2[C@H]1[C@@H](OC(=O)C(=C)[C@H](C)O)C[C@]1(C)[C@@H](O)CCC(=C)[C@@H]21. The standard InChI is InChI=1S/C20H26O6/c1-9-6-7-14(22)20(5)8-13(25-18(23)10(2)12(4)21)15-11(3)19(24)26-17(15)16(9)20/h12-17,21-22H,1-3,6-8H2,4-5H3/t12-,13-,14-,15+,16-,17+,20+/m0/s1. The van der Waals surface area contributed by atoms with Crippen LogP contribution in [0.15, 0.2) is 36.5 Å². The van der Waals surface area contributed by atoms with Crippen molar-refractivity contribution in [2.45, 2.75) is 57.5 Å². The molecular formula is C20H26O6. The first kappa shape index (κ1) is 18.9. The minimum atomic E-state index is -1.03. The lowest BCUT2D eigenvalue weighted by atomic mass is 9.53. The van der Waals surface area contributed by atoms with E-state index in [2.05, 4.69) is 19.7 Å². The fraction of sp³-hybridized carbons (Fsp3) is 0.600. The van der Waals surface area contributed by atoms with Gasteiger partial charge in [-0.2, -0.15) is 0 Å². The summed E-state index contributed by atoms with van der Waals surface area (Å²) in [6, 6.07) is 0. The average molecular weight is 362 g/mol. The molecule has 0 aromatic heterocycles. The molecule has 7 atom stereocenters. The molecule has 142 valence electrons. The molecule has 0 unspecified atom stereocenters. The quantitative estimate of drug-likeness (QED) is 0.451. The third-order valence-corrected chi connectivity index (χ3v) is 6.31. The van der Waals surface area contributed by atoms with E-state index in [4.69, 9.17) is 9.47 Å². The van der Waals surface area contributed by atoms with E-state index < -0.39 is 47.7 Å². The van der Waals surface area contributed by atoms with E-state index >= 15 is 0 Å². The minimum absolute atomic E-state index is 0.0571. The normalized spacial score (nSPS) is 40.3. The number of hydrogen-bond donors (Lipinski definition) is 2. The van der Waals surface area contributed by atoms with Gasteiger partial charge in [0.1, 0.15) is 12.2 Å². The van der Waals surface area contributed by atoms with Gasteiger partial charge in [0.2, 0.25) is 0 Å². The van der Waals surface area contributed by atoms with Crippen molar-refractivity contribution in [3.63, 3.8) is 0 Å². The molecule has 26 heavy (non-hydrogen) atoms. The van der Waals surface area contributed by atoms with E-state index in [1.807, 2.05) is 6.92 Å². The van der Waals surface area contributed by atoms with Gasteiger partial charge in [0, 0.05) is 16.9 Å². The van der Waals surface area contributed by atoms with E-state index in [0.717, 1.165) is 5.57 Å². The number of rotatable bonds is 3. The Hall–Kier alpha value is -1.92. The van der Waals surface area contributed by atoms with Gasteiger partial charge >= 0.3 is 11.9 Å². The van der Waals surface area contributed by atoms with Crippen molar-refractivity contribution in [1.82, 2.24) is 0 Å². The number of carbonyl (C=O) groups excluding carboxylic acids is 2. The van der Waals surface area contributed by atoms with Crippen molar-refractivity contribution in [2.75, 3.05) is 0 Å². The van der Waals surface area contributed by atoms with Crippen molar-refractivity contribution >= 4 is 11.9 Å². The summed E-state index contributed by atoms with van der Waals surface area (Å²) in [4.78, 5) is 24.5. The number of hydrogen-bond acceptors (Lipinski definition) is 6. The Bertz CT molecular complexity index is 692. The fourth-order valence-electron chi connectivity index (χ4n) is 4.73. The lowest BCUT2D eigenvalue weighted by Gasteiger charge is -2.54. The van der Waals surface area contributed by atoms with Gasteiger partial charge in [-0.1, -0.05) is 32.2 Å². The number of aliphatic hydroxyl groups excluding tert-OH is 2. The van der Waals surface area contributed by atoms with Crippen LogP contribution in [-0.2, 0) is 19.1 Å². The molecule has 0 bridgehead atoms. The molecule has 3 aliphatic rings. The Morgan fingerprint density at radius 1 is 1.42 bits per heavy atom. The number of carbonyl (C=O) groups is 2. The topological polar surface area (TPSA) is 93.1 Å². The third kappa shape index (κ3) is 2.72. The zero-order chi connectivity index (χ0) is 19.4. The van der Waals surface area contributed by atoms with Gasteiger partial charge in [0.15, 0.2) is 0 Å².